The van der Waals surface area contributed by atoms with Crippen molar-refractivity contribution in [1.29, 1.82) is 0 Å². The second-order valence-corrected chi connectivity index (χ2v) is 6.88. The van der Waals surface area contributed by atoms with Gasteiger partial charge in [0.2, 0.25) is 12.7 Å². The molecule has 1 atom stereocenters. The molecule has 1 aliphatic heterocycles. The van der Waals surface area contributed by atoms with Gasteiger partial charge in [0.15, 0.2) is 11.5 Å². The summed E-state index contributed by atoms with van der Waals surface area (Å²) in [6.07, 6.45) is 1.24. The van der Waals surface area contributed by atoms with Gasteiger partial charge in [-0.25, -0.2) is 0 Å². The Kier molecular flexibility index (Phi) is 5.78. The van der Waals surface area contributed by atoms with Gasteiger partial charge in [-0.15, -0.1) is 0 Å². The molecule has 3 rings (SSSR count). The fourth-order valence-corrected chi connectivity index (χ4v) is 3.03. The van der Waals surface area contributed by atoms with Crippen LogP contribution in [0.5, 0.6) is 11.5 Å². The molecular weight excluding hydrogens is 328 g/mol. The summed E-state index contributed by atoms with van der Waals surface area (Å²) in [5, 5.41) is 3.06. The minimum Gasteiger partial charge on any atom is -0.454 e. The molecule has 0 aliphatic carbocycles. The second kappa shape index (κ2) is 8.23. The van der Waals surface area contributed by atoms with Crippen LogP contribution in [0.1, 0.15) is 29.2 Å². The van der Waals surface area contributed by atoms with Crippen LogP contribution in [0.4, 0.5) is 0 Å². The zero-order valence-electron chi connectivity index (χ0n) is 15.6. The zero-order valence-corrected chi connectivity index (χ0v) is 15.6. The lowest BCUT2D eigenvalue weighted by atomic mass is 10.0. The summed E-state index contributed by atoms with van der Waals surface area (Å²) in [6.45, 7) is 2.88. The van der Waals surface area contributed by atoms with Crippen molar-refractivity contribution in [1.82, 2.24) is 10.2 Å². The monoisotopic (exact) mass is 354 g/mol. The number of likely N-dealkylation sites (N-methyl/N-ethyl adjacent to an activating group) is 1. The number of rotatable bonds is 7. The molecule has 1 amide bonds. The van der Waals surface area contributed by atoms with Crippen molar-refractivity contribution >= 4 is 5.91 Å². The number of amides is 1. The Morgan fingerprint density at radius 3 is 2.58 bits per heavy atom. The van der Waals surface area contributed by atoms with Crippen molar-refractivity contribution in [2.75, 3.05) is 27.4 Å². The summed E-state index contributed by atoms with van der Waals surface area (Å²) in [6, 6.07) is 14.3. The highest BCUT2D eigenvalue weighted by Crippen LogP contribution is 2.34. The number of nitrogens with one attached hydrogen (secondary N) is 1. The normalized spacial score (nSPS) is 13.7. The van der Waals surface area contributed by atoms with Crippen LogP contribution >= 0.6 is 0 Å². The van der Waals surface area contributed by atoms with E-state index in [0.717, 1.165) is 23.5 Å². The molecule has 26 heavy (non-hydrogen) atoms. The van der Waals surface area contributed by atoms with Gasteiger partial charge in [0.05, 0.1) is 6.04 Å². The average Bonchev–Trinajstić information content (AvgIpc) is 3.09. The van der Waals surface area contributed by atoms with Crippen LogP contribution in [0, 0.1) is 6.92 Å². The van der Waals surface area contributed by atoms with E-state index in [2.05, 4.69) is 41.4 Å². The molecule has 5 nitrogen and oxygen atoms in total. The fraction of sp³-hybridized carbons (Fsp3) is 0.381. The van der Waals surface area contributed by atoms with Gasteiger partial charge >= 0.3 is 0 Å². The lowest BCUT2D eigenvalue weighted by Crippen LogP contribution is -2.34. The first kappa shape index (κ1) is 18.3. The summed E-state index contributed by atoms with van der Waals surface area (Å²) in [4.78, 5) is 14.3. The smallest absolute Gasteiger partial charge is 0.231 e. The Balaban J connectivity index is 1.55. The fourth-order valence-electron chi connectivity index (χ4n) is 3.03. The van der Waals surface area contributed by atoms with Crippen LogP contribution in [0.25, 0.3) is 0 Å². The number of aryl methyl sites for hydroxylation is 2. The first-order valence-electron chi connectivity index (χ1n) is 8.91. The van der Waals surface area contributed by atoms with Crippen molar-refractivity contribution in [3.8, 4) is 11.5 Å². The van der Waals surface area contributed by atoms with E-state index in [0.29, 0.717) is 13.0 Å². The quantitative estimate of drug-likeness (QED) is 0.830. The van der Waals surface area contributed by atoms with E-state index < -0.39 is 0 Å². The highest BCUT2D eigenvalue weighted by molar-refractivity contribution is 5.76. The van der Waals surface area contributed by atoms with Gasteiger partial charge < -0.3 is 19.7 Å². The van der Waals surface area contributed by atoms with E-state index in [1.165, 1.54) is 11.1 Å². The largest absolute Gasteiger partial charge is 0.454 e. The van der Waals surface area contributed by atoms with Gasteiger partial charge in [-0.3, -0.25) is 4.79 Å². The third-order valence-corrected chi connectivity index (χ3v) is 4.66. The maximum absolute atomic E-state index is 12.3. The van der Waals surface area contributed by atoms with E-state index in [1.807, 2.05) is 32.3 Å². The molecule has 138 valence electrons. The molecule has 1 N–H and O–H groups in total. The van der Waals surface area contributed by atoms with Gasteiger partial charge in [0.1, 0.15) is 0 Å². The molecule has 1 unspecified atom stereocenters. The number of carbonyl (C=O) groups excluding carboxylic acids is 1. The van der Waals surface area contributed by atoms with Crippen LogP contribution in [0.2, 0.25) is 0 Å². The molecule has 0 bridgehead atoms. The van der Waals surface area contributed by atoms with Gasteiger partial charge in [-0.2, -0.15) is 0 Å². The Hall–Kier alpha value is -2.53. The molecule has 0 fully saturated rings. The van der Waals surface area contributed by atoms with Crippen molar-refractivity contribution in [3.63, 3.8) is 0 Å². The zero-order chi connectivity index (χ0) is 18.5. The van der Waals surface area contributed by atoms with Gasteiger partial charge in [0.25, 0.3) is 0 Å². The van der Waals surface area contributed by atoms with Crippen LogP contribution in [0.3, 0.4) is 0 Å². The number of benzene rings is 2. The van der Waals surface area contributed by atoms with Crippen molar-refractivity contribution in [2.45, 2.75) is 25.8 Å². The molecule has 2 aromatic carbocycles. The SMILES string of the molecule is Cc1ccc(CCC(=O)NCC(c2ccc3c(c2)OCO3)N(C)C)cc1. The van der Waals surface area contributed by atoms with Gasteiger partial charge in [-0.05, 0) is 50.7 Å². The van der Waals surface area contributed by atoms with Gasteiger partial charge in [-0.1, -0.05) is 35.9 Å². The molecule has 1 heterocycles. The van der Waals surface area contributed by atoms with Crippen LogP contribution in [-0.2, 0) is 11.2 Å². The minimum atomic E-state index is 0.0677. The summed E-state index contributed by atoms with van der Waals surface area (Å²) >= 11 is 0. The number of hydrogen-bond acceptors (Lipinski definition) is 4. The molecule has 1 aliphatic rings. The summed E-state index contributed by atoms with van der Waals surface area (Å²) in [7, 11) is 4.02. The van der Waals surface area contributed by atoms with Crippen molar-refractivity contribution in [3.05, 3.63) is 59.2 Å². The highest BCUT2D eigenvalue weighted by Gasteiger charge is 2.20. The predicted molar refractivity (Wildman–Crippen MR) is 102 cm³/mol. The van der Waals surface area contributed by atoms with Crippen molar-refractivity contribution < 1.29 is 14.3 Å². The summed E-state index contributed by atoms with van der Waals surface area (Å²) in [5.41, 5.74) is 3.51. The Morgan fingerprint density at radius 1 is 1.12 bits per heavy atom. The van der Waals surface area contributed by atoms with E-state index in [4.69, 9.17) is 9.47 Å². The van der Waals surface area contributed by atoms with Crippen LogP contribution < -0.4 is 14.8 Å². The number of nitrogens with zero attached hydrogens (tertiary/aromatic N) is 1. The molecule has 0 aromatic heterocycles. The highest BCUT2D eigenvalue weighted by atomic mass is 16.7. The van der Waals surface area contributed by atoms with Gasteiger partial charge in [0, 0.05) is 13.0 Å². The maximum Gasteiger partial charge on any atom is 0.231 e. The third-order valence-electron chi connectivity index (χ3n) is 4.66. The number of fused-ring (bicyclic) bond motifs is 1. The number of ether oxygens (including phenoxy) is 2. The van der Waals surface area contributed by atoms with E-state index >= 15 is 0 Å². The lowest BCUT2D eigenvalue weighted by Gasteiger charge is -2.25. The molecular formula is C21H26N2O3. The Labute approximate surface area is 154 Å². The lowest BCUT2D eigenvalue weighted by molar-refractivity contribution is -0.121. The molecule has 0 radical (unpaired) electrons. The summed E-state index contributed by atoms with van der Waals surface area (Å²) < 4.78 is 10.8. The standard InChI is InChI=1S/C21H26N2O3/c1-15-4-6-16(7-5-15)8-11-21(24)22-13-18(23(2)3)17-9-10-19-20(12-17)26-14-25-19/h4-7,9-10,12,18H,8,11,13-14H2,1-3H3,(H,22,24). The summed E-state index contributed by atoms with van der Waals surface area (Å²) in [5.74, 6) is 1.60. The first-order chi connectivity index (χ1) is 12.5. The third kappa shape index (κ3) is 4.55. The molecule has 0 spiro atoms. The average molecular weight is 354 g/mol. The molecule has 2 aromatic rings. The van der Waals surface area contributed by atoms with E-state index in [-0.39, 0.29) is 18.7 Å². The minimum absolute atomic E-state index is 0.0677. The van der Waals surface area contributed by atoms with Crippen LogP contribution in [-0.4, -0.2) is 38.2 Å². The van der Waals surface area contributed by atoms with E-state index in [1.54, 1.807) is 0 Å². The predicted octanol–water partition coefficient (Wildman–Crippen LogP) is 3.08. The van der Waals surface area contributed by atoms with E-state index in [9.17, 15) is 4.79 Å². The topological polar surface area (TPSA) is 50.8 Å². The Morgan fingerprint density at radius 2 is 1.85 bits per heavy atom. The second-order valence-electron chi connectivity index (χ2n) is 6.88. The Bertz CT molecular complexity index is 756. The van der Waals surface area contributed by atoms with Crippen molar-refractivity contribution in [2.24, 2.45) is 0 Å². The number of hydrogen-bond donors (Lipinski definition) is 1. The molecule has 0 saturated heterocycles. The maximum atomic E-state index is 12.3. The first-order valence-corrected chi connectivity index (χ1v) is 8.91. The number of carbonyl (C=O) groups is 1. The molecule has 5 heteroatoms. The molecule has 0 saturated carbocycles. The van der Waals surface area contributed by atoms with Crippen LogP contribution in [0.15, 0.2) is 42.5 Å².